The molecule has 1 N–H and O–H groups in total. The van der Waals surface area contributed by atoms with Crippen molar-refractivity contribution in [2.24, 2.45) is 5.92 Å². The van der Waals surface area contributed by atoms with E-state index in [1.54, 1.807) is 24.4 Å². The number of carbonyl (C=O) groups is 1. The van der Waals surface area contributed by atoms with Gasteiger partial charge in [-0.2, -0.15) is 17.7 Å². The lowest BCUT2D eigenvalue weighted by Gasteiger charge is -2.31. The third-order valence-corrected chi connectivity index (χ3v) is 5.14. The Morgan fingerprint density at radius 3 is 2.55 bits per heavy atom. The Kier molecular flexibility index (Phi) is 5.11. The standard InChI is InChI=1S/C17H15BrF3N7O/c18-11-1-2-12(22-9-11)23-15(29)10-5-7-27(8-6-10)14-4-3-13-24-25-16(17(19,20)21)28(13)26-14/h1-4,9-10H,5-8H2,(H,22,23,29). The number of carbonyl (C=O) groups excluding carboxylic acids is 1. The summed E-state index contributed by atoms with van der Waals surface area (Å²) < 4.78 is 40.6. The molecule has 0 saturated carbocycles. The fourth-order valence-electron chi connectivity index (χ4n) is 3.17. The second kappa shape index (κ2) is 7.58. The highest BCUT2D eigenvalue weighted by Gasteiger charge is 2.38. The van der Waals surface area contributed by atoms with Crippen molar-refractivity contribution in [3.63, 3.8) is 0 Å². The largest absolute Gasteiger partial charge is 0.453 e. The Hall–Kier alpha value is -2.76. The first-order chi connectivity index (χ1) is 13.8. The summed E-state index contributed by atoms with van der Waals surface area (Å²) in [6, 6.07) is 6.54. The first kappa shape index (κ1) is 19.6. The Balaban J connectivity index is 1.42. The highest BCUT2D eigenvalue weighted by Crippen LogP contribution is 2.29. The second-order valence-corrected chi connectivity index (χ2v) is 7.51. The molecule has 3 aromatic rings. The van der Waals surface area contributed by atoms with Crippen molar-refractivity contribution >= 4 is 39.1 Å². The van der Waals surface area contributed by atoms with E-state index in [1.807, 2.05) is 4.90 Å². The van der Waals surface area contributed by atoms with Crippen LogP contribution in [-0.2, 0) is 11.0 Å². The lowest BCUT2D eigenvalue weighted by Crippen LogP contribution is -2.38. The van der Waals surface area contributed by atoms with E-state index in [0.717, 1.165) is 4.47 Å². The summed E-state index contributed by atoms with van der Waals surface area (Å²) in [6.07, 6.45) is -1.94. The van der Waals surface area contributed by atoms with Crippen LogP contribution < -0.4 is 10.2 Å². The molecule has 0 aliphatic carbocycles. The van der Waals surface area contributed by atoms with Gasteiger partial charge in [0.05, 0.1) is 0 Å². The predicted octanol–water partition coefficient (Wildman–Crippen LogP) is 3.16. The van der Waals surface area contributed by atoms with Gasteiger partial charge in [0.15, 0.2) is 5.65 Å². The molecule has 1 fully saturated rings. The van der Waals surface area contributed by atoms with Crippen molar-refractivity contribution in [1.29, 1.82) is 0 Å². The fourth-order valence-corrected chi connectivity index (χ4v) is 3.41. The average Bonchev–Trinajstić information content (AvgIpc) is 3.13. The van der Waals surface area contributed by atoms with E-state index in [-0.39, 0.29) is 17.5 Å². The summed E-state index contributed by atoms with van der Waals surface area (Å²) in [4.78, 5) is 18.4. The molecule has 0 atom stereocenters. The number of hydrogen-bond donors (Lipinski definition) is 1. The van der Waals surface area contributed by atoms with Crippen LogP contribution in [0.1, 0.15) is 18.7 Å². The van der Waals surface area contributed by atoms with Gasteiger partial charge in [-0.25, -0.2) is 4.98 Å². The molecule has 1 aliphatic heterocycles. The van der Waals surface area contributed by atoms with Crippen LogP contribution in [0, 0.1) is 5.92 Å². The molecule has 29 heavy (non-hydrogen) atoms. The van der Waals surface area contributed by atoms with Crippen molar-refractivity contribution in [2.75, 3.05) is 23.3 Å². The number of amides is 1. The Bertz CT molecular complexity index is 1030. The molecule has 1 aliphatic rings. The molecule has 152 valence electrons. The molecule has 0 bridgehead atoms. The van der Waals surface area contributed by atoms with E-state index in [0.29, 0.717) is 42.1 Å². The first-order valence-corrected chi connectivity index (χ1v) is 9.57. The van der Waals surface area contributed by atoms with Crippen molar-refractivity contribution in [1.82, 2.24) is 24.8 Å². The van der Waals surface area contributed by atoms with Crippen LogP contribution in [0.5, 0.6) is 0 Å². The van der Waals surface area contributed by atoms with E-state index in [1.165, 1.54) is 6.07 Å². The zero-order valence-corrected chi connectivity index (χ0v) is 16.5. The van der Waals surface area contributed by atoms with Crippen LogP contribution in [0.15, 0.2) is 34.9 Å². The smallest absolute Gasteiger partial charge is 0.355 e. The van der Waals surface area contributed by atoms with Crippen LogP contribution >= 0.6 is 15.9 Å². The minimum Gasteiger partial charge on any atom is -0.355 e. The van der Waals surface area contributed by atoms with Crippen LogP contribution in [-0.4, -0.2) is 43.8 Å². The van der Waals surface area contributed by atoms with Gasteiger partial charge in [-0.15, -0.1) is 15.3 Å². The Morgan fingerprint density at radius 2 is 1.90 bits per heavy atom. The maximum atomic E-state index is 13.0. The zero-order chi connectivity index (χ0) is 20.6. The van der Waals surface area contributed by atoms with Crippen molar-refractivity contribution in [3.8, 4) is 0 Å². The molecule has 1 amide bonds. The molecule has 3 aromatic heterocycles. The van der Waals surface area contributed by atoms with E-state index in [4.69, 9.17) is 0 Å². The van der Waals surface area contributed by atoms with Gasteiger partial charge < -0.3 is 10.2 Å². The molecular formula is C17H15BrF3N7O. The Labute approximate surface area is 171 Å². The minimum absolute atomic E-state index is 0.0253. The minimum atomic E-state index is -4.64. The molecule has 0 unspecified atom stereocenters. The number of piperidine rings is 1. The number of hydrogen-bond acceptors (Lipinski definition) is 6. The normalized spacial score (nSPS) is 15.7. The highest BCUT2D eigenvalue weighted by atomic mass is 79.9. The van der Waals surface area contributed by atoms with Gasteiger partial charge in [0.2, 0.25) is 5.91 Å². The van der Waals surface area contributed by atoms with Gasteiger partial charge in [0.1, 0.15) is 11.6 Å². The molecule has 4 heterocycles. The van der Waals surface area contributed by atoms with Crippen molar-refractivity contribution < 1.29 is 18.0 Å². The van der Waals surface area contributed by atoms with Gasteiger partial charge >= 0.3 is 6.18 Å². The highest BCUT2D eigenvalue weighted by molar-refractivity contribution is 9.10. The van der Waals surface area contributed by atoms with Crippen molar-refractivity contribution in [3.05, 3.63) is 40.8 Å². The first-order valence-electron chi connectivity index (χ1n) is 8.78. The summed E-state index contributed by atoms with van der Waals surface area (Å²) in [5.41, 5.74) is 0.0253. The maximum absolute atomic E-state index is 13.0. The number of pyridine rings is 1. The van der Waals surface area contributed by atoms with Gasteiger partial charge in [-0.1, -0.05) is 0 Å². The zero-order valence-electron chi connectivity index (χ0n) is 14.9. The lowest BCUT2D eigenvalue weighted by atomic mass is 9.96. The van der Waals surface area contributed by atoms with Crippen LogP contribution in [0.4, 0.5) is 24.8 Å². The fraction of sp³-hybridized carbons (Fsp3) is 0.353. The quantitative estimate of drug-likeness (QED) is 0.633. The maximum Gasteiger partial charge on any atom is 0.453 e. The summed E-state index contributed by atoms with van der Waals surface area (Å²) >= 11 is 3.29. The summed E-state index contributed by atoms with van der Waals surface area (Å²) in [5, 5.41) is 13.5. The predicted molar refractivity (Wildman–Crippen MR) is 101 cm³/mol. The van der Waals surface area contributed by atoms with Crippen LogP contribution in [0.3, 0.4) is 0 Å². The second-order valence-electron chi connectivity index (χ2n) is 6.60. The number of nitrogens with zero attached hydrogens (tertiary/aromatic N) is 6. The number of halogens is 4. The van der Waals surface area contributed by atoms with Gasteiger partial charge in [-0.05, 0) is 53.0 Å². The number of alkyl halides is 3. The third kappa shape index (κ3) is 4.16. The Morgan fingerprint density at radius 1 is 1.14 bits per heavy atom. The molecule has 0 spiro atoms. The SMILES string of the molecule is O=C(Nc1ccc(Br)cn1)C1CCN(c2ccc3nnc(C(F)(F)F)n3n2)CC1. The third-order valence-electron chi connectivity index (χ3n) is 4.67. The van der Waals surface area contributed by atoms with Crippen LogP contribution in [0.2, 0.25) is 0 Å². The number of fused-ring (bicyclic) bond motifs is 1. The average molecular weight is 470 g/mol. The van der Waals surface area contributed by atoms with Gasteiger partial charge in [0.25, 0.3) is 5.82 Å². The molecule has 1 saturated heterocycles. The lowest BCUT2D eigenvalue weighted by molar-refractivity contribution is -0.146. The van der Waals surface area contributed by atoms with Gasteiger partial charge in [0, 0.05) is 29.7 Å². The van der Waals surface area contributed by atoms with E-state index >= 15 is 0 Å². The summed E-state index contributed by atoms with van der Waals surface area (Å²) in [7, 11) is 0. The molecule has 0 radical (unpaired) electrons. The number of nitrogens with one attached hydrogen (secondary N) is 1. The van der Waals surface area contributed by atoms with E-state index in [2.05, 4.69) is 41.5 Å². The van der Waals surface area contributed by atoms with E-state index < -0.39 is 12.0 Å². The molecule has 12 heteroatoms. The summed E-state index contributed by atoms with van der Waals surface area (Å²) in [6.45, 7) is 0.988. The number of anilines is 2. The summed E-state index contributed by atoms with van der Waals surface area (Å²) in [5.74, 6) is -0.635. The van der Waals surface area contributed by atoms with E-state index in [9.17, 15) is 18.0 Å². The van der Waals surface area contributed by atoms with Crippen LogP contribution in [0.25, 0.3) is 5.65 Å². The molecular weight excluding hydrogens is 455 g/mol. The topological polar surface area (TPSA) is 88.3 Å². The number of rotatable bonds is 3. The number of aromatic nitrogens is 5. The van der Waals surface area contributed by atoms with Gasteiger partial charge in [-0.3, -0.25) is 4.79 Å². The molecule has 8 nitrogen and oxygen atoms in total. The monoisotopic (exact) mass is 469 g/mol. The molecule has 4 rings (SSSR count). The van der Waals surface area contributed by atoms with Crippen molar-refractivity contribution in [2.45, 2.75) is 19.0 Å². The molecule has 0 aromatic carbocycles.